The number of Topliss-reactive ketones (excluding diaryl/α,β-unsaturated/α-hetero) is 1. The molecule has 4 saturated carbocycles. The van der Waals surface area contributed by atoms with E-state index < -0.39 is 22.9 Å². The predicted molar refractivity (Wildman–Crippen MR) is 194 cm³/mol. The lowest BCUT2D eigenvalue weighted by molar-refractivity contribution is -0.214. The van der Waals surface area contributed by atoms with E-state index in [9.17, 15) is 29.1 Å². The average Bonchev–Trinajstić information content (AvgIpc) is 3.56. The minimum atomic E-state index is -1.17. The number of aliphatic carboxylic acids is 1. The molecule has 6 aliphatic rings. The first-order valence-electron chi connectivity index (χ1n) is 19.9. The zero-order valence-electron chi connectivity index (χ0n) is 32.8. The Bertz CT molecular complexity index is 1530. The van der Waals surface area contributed by atoms with Gasteiger partial charge in [0.15, 0.2) is 0 Å². The fourth-order valence-electron chi connectivity index (χ4n) is 13.0. The molecular weight excluding hydrogens is 644 g/mol. The van der Waals surface area contributed by atoms with E-state index in [1.807, 2.05) is 0 Å². The number of esters is 1. The SMILES string of the molecule is CC(C)C1C(=O)C[C@]2(NC(=O)CCN3CCCC3=O)CC[C@]3(C)C(=C12)CC[C@@H]1[C@@]2(C)CC[C@H](OC(=O)CC(C)(C)C(=O)O)C(C)(C)[C@@H]2CC[C@]13C. The number of nitrogens with zero attached hydrogens (tertiary/aromatic N) is 1. The number of carboxylic acid groups (broad SMARTS) is 1. The Morgan fingerprint density at radius 2 is 1.67 bits per heavy atom. The molecule has 1 heterocycles. The van der Waals surface area contributed by atoms with Crippen molar-refractivity contribution in [3.8, 4) is 0 Å². The molecule has 0 radical (unpaired) electrons. The van der Waals surface area contributed by atoms with E-state index in [-0.39, 0.29) is 70.0 Å². The molecule has 0 aromatic carbocycles. The lowest BCUT2D eigenvalue weighted by atomic mass is 9.34. The van der Waals surface area contributed by atoms with Crippen molar-refractivity contribution in [2.24, 2.45) is 50.7 Å². The second-order valence-corrected chi connectivity index (χ2v) is 19.8. The van der Waals surface area contributed by atoms with Crippen LogP contribution in [0.5, 0.6) is 0 Å². The lowest BCUT2D eigenvalue weighted by Gasteiger charge is -2.70. The molecule has 0 aromatic rings. The van der Waals surface area contributed by atoms with Gasteiger partial charge in [0.1, 0.15) is 11.9 Å². The molecule has 5 aliphatic carbocycles. The number of hydrogen-bond donors (Lipinski definition) is 2. The molecule has 5 fully saturated rings. The van der Waals surface area contributed by atoms with Gasteiger partial charge >= 0.3 is 11.9 Å². The van der Waals surface area contributed by atoms with Gasteiger partial charge in [0.2, 0.25) is 11.8 Å². The fourth-order valence-corrected chi connectivity index (χ4v) is 13.0. The number of fused-ring (bicyclic) bond motifs is 6. The lowest BCUT2D eigenvalue weighted by Crippen LogP contribution is -2.65. The predicted octanol–water partition coefficient (Wildman–Crippen LogP) is 7.26. The van der Waals surface area contributed by atoms with E-state index >= 15 is 0 Å². The molecule has 0 aromatic heterocycles. The van der Waals surface area contributed by atoms with Crippen LogP contribution in [0.2, 0.25) is 0 Å². The highest BCUT2D eigenvalue weighted by Crippen LogP contribution is 2.75. The van der Waals surface area contributed by atoms with E-state index in [0.29, 0.717) is 37.8 Å². The molecule has 9 nitrogen and oxygen atoms in total. The van der Waals surface area contributed by atoms with E-state index in [4.69, 9.17) is 4.74 Å². The molecular formula is C42H64N2O7. The van der Waals surface area contributed by atoms with Gasteiger partial charge in [0, 0.05) is 43.7 Å². The summed E-state index contributed by atoms with van der Waals surface area (Å²) in [5, 5.41) is 13.0. The van der Waals surface area contributed by atoms with Crippen LogP contribution in [0.3, 0.4) is 0 Å². The molecule has 1 aliphatic heterocycles. The Morgan fingerprint density at radius 1 is 0.961 bits per heavy atom. The molecule has 1 saturated heterocycles. The van der Waals surface area contributed by atoms with Gasteiger partial charge in [0.25, 0.3) is 0 Å². The number of carboxylic acids is 1. The van der Waals surface area contributed by atoms with Gasteiger partial charge in [-0.2, -0.15) is 0 Å². The van der Waals surface area contributed by atoms with Crippen molar-refractivity contribution in [1.29, 1.82) is 0 Å². The molecule has 2 amide bonds. The topological polar surface area (TPSA) is 130 Å². The number of hydrogen-bond acceptors (Lipinski definition) is 6. The number of allylic oxidation sites excluding steroid dienone is 1. The number of likely N-dealkylation sites (tertiary alicyclic amines) is 1. The normalized spacial score (nSPS) is 38.9. The van der Waals surface area contributed by atoms with Crippen LogP contribution in [0.15, 0.2) is 11.1 Å². The molecule has 9 heteroatoms. The fraction of sp³-hybridized carbons (Fsp3) is 0.833. The monoisotopic (exact) mass is 708 g/mol. The summed E-state index contributed by atoms with van der Waals surface area (Å²) in [6.45, 7) is 20.6. The van der Waals surface area contributed by atoms with Crippen molar-refractivity contribution < 1.29 is 33.8 Å². The first-order chi connectivity index (χ1) is 23.6. The Morgan fingerprint density at radius 3 is 2.29 bits per heavy atom. The van der Waals surface area contributed by atoms with Gasteiger partial charge in [-0.05, 0) is 111 Å². The molecule has 0 bridgehead atoms. The first kappa shape index (κ1) is 38.0. The quantitative estimate of drug-likeness (QED) is 0.191. The van der Waals surface area contributed by atoms with Crippen LogP contribution in [0.1, 0.15) is 146 Å². The van der Waals surface area contributed by atoms with Crippen LogP contribution < -0.4 is 5.32 Å². The molecule has 1 unspecified atom stereocenters. The number of rotatable bonds is 9. The van der Waals surface area contributed by atoms with E-state index in [1.165, 1.54) is 11.1 Å². The van der Waals surface area contributed by atoms with Crippen LogP contribution in [-0.2, 0) is 28.7 Å². The Labute approximate surface area is 305 Å². The van der Waals surface area contributed by atoms with Gasteiger partial charge in [-0.25, -0.2) is 0 Å². The molecule has 6 rings (SSSR count). The second kappa shape index (κ2) is 12.7. The van der Waals surface area contributed by atoms with E-state index in [2.05, 4.69) is 53.8 Å². The van der Waals surface area contributed by atoms with Crippen molar-refractivity contribution in [2.75, 3.05) is 13.1 Å². The third-order valence-electron chi connectivity index (χ3n) is 15.9. The van der Waals surface area contributed by atoms with Crippen molar-refractivity contribution in [1.82, 2.24) is 10.2 Å². The maximum Gasteiger partial charge on any atom is 0.309 e. The third-order valence-corrected chi connectivity index (χ3v) is 15.9. The summed E-state index contributed by atoms with van der Waals surface area (Å²) in [4.78, 5) is 66.4. The van der Waals surface area contributed by atoms with Crippen molar-refractivity contribution in [3.05, 3.63) is 11.1 Å². The summed E-state index contributed by atoms with van der Waals surface area (Å²) < 4.78 is 6.14. The number of amides is 2. The number of carbonyl (C=O) groups is 5. The molecule has 8 atom stereocenters. The Kier molecular flexibility index (Phi) is 9.48. The maximum absolute atomic E-state index is 13.9. The van der Waals surface area contributed by atoms with Crippen LogP contribution >= 0.6 is 0 Å². The molecule has 284 valence electrons. The van der Waals surface area contributed by atoms with Gasteiger partial charge < -0.3 is 20.1 Å². The highest BCUT2D eigenvalue weighted by molar-refractivity contribution is 5.93. The van der Waals surface area contributed by atoms with Crippen LogP contribution in [0, 0.1) is 50.7 Å². The summed E-state index contributed by atoms with van der Waals surface area (Å²) in [6, 6.07) is 0. The highest BCUT2D eigenvalue weighted by atomic mass is 16.5. The van der Waals surface area contributed by atoms with Crippen LogP contribution in [-0.4, -0.2) is 64.3 Å². The summed E-state index contributed by atoms with van der Waals surface area (Å²) >= 11 is 0. The minimum absolute atomic E-state index is 0.00336. The van der Waals surface area contributed by atoms with Gasteiger partial charge in [-0.3, -0.25) is 24.0 Å². The van der Waals surface area contributed by atoms with Crippen LogP contribution in [0.25, 0.3) is 0 Å². The third kappa shape index (κ3) is 5.89. The van der Waals surface area contributed by atoms with Crippen molar-refractivity contribution >= 4 is 29.5 Å². The molecule has 0 spiro atoms. The van der Waals surface area contributed by atoms with Crippen LogP contribution in [0.4, 0.5) is 0 Å². The zero-order chi connectivity index (χ0) is 37.5. The number of carbonyl (C=O) groups excluding carboxylic acids is 4. The second-order valence-electron chi connectivity index (χ2n) is 19.8. The highest BCUT2D eigenvalue weighted by Gasteiger charge is 2.69. The average molecular weight is 709 g/mol. The standard InChI is InChI=1S/C42H64N2O7/c1-25(2)34-27(45)23-42(43-31(46)16-22-44-21-10-11-32(44)47)20-19-40(8)26(35(34)42)12-13-29-39(7)17-15-30(51-33(48)24-37(3,4)36(49)50)38(5,6)28(39)14-18-41(29,40)9/h25,28-30,34H,10-24H2,1-9H3,(H,43,46)(H,49,50)/t28-,29+,30-,34?,39-,40+,41+,42+/m0/s1. The first-order valence-corrected chi connectivity index (χ1v) is 19.9. The summed E-state index contributed by atoms with van der Waals surface area (Å²) in [7, 11) is 0. The van der Waals surface area contributed by atoms with Gasteiger partial charge in [0.05, 0.1) is 17.4 Å². The van der Waals surface area contributed by atoms with Crippen molar-refractivity contribution in [2.45, 2.75) is 157 Å². The largest absolute Gasteiger partial charge is 0.481 e. The number of ether oxygens (including phenoxy) is 1. The summed E-state index contributed by atoms with van der Waals surface area (Å²) in [6.07, 6.45) is 9.04. The van der Waals surface area contributed by atoms with Gasteiger partial charge in [-0.1, -0.05) is 54.0 Å². The molecule has 51 heavy (non-hydrogen) atoms. The number of ketones is 1. The minimum Gasteiger partial charge on any atom is -0.481 e. The maximum atomic E-state index is 13.9. The summed E-state index contributed by atoms with van der Waals surface area (Å²) in [5.74, 6) is -0.372. The Hall–Kier alpha value is -2.71. The Balaban J connectivity index is 1.28. The van der Waals surface area contributed by atoms with E-state index in [0.717, 1.165) is 57.8 Å². The number of nitrogens with one attached hydrogen (secondary N) is 1. The zero-order valence-corrected chi connectivity index (χ0v) is 32.8. The smallest absolute Gasteiger partial charge is 0.309 e. The summed E-state index contributed by atoms with van der Waals surface area (Å²) in [5.41, 5.74) is 0.503. The van der Waals surface area contributed by atoms with Crippen molar-refractivity contribution in [3.63, 3.8) is 0 Å². The van der Waals surface area contributed by atoms with Gasteiger partial charge in [-0.15, -0.1) is 0 Å². The van der Waals surface area contributed by atoms with E-state index in [1.54, 1.807) is 18.7 Å². The molecule has 2 N–H and O–H groups in total.